The largest absolute Gasteiger partial charge is 0.243 e. The van der Waals surface area contributed by atoms with Crippen molar-refractivity contribution in [1.29, 1.82) is 0 Å². The topological polar surface area (TPSA) is 37.4 Å². The van der Waals surface area contributed by atoms with Crippen molar-refractivity contribution in [2.24, 2.45) is 0 Å². The van der Waals surface area contributed by atoms with Gasteiger partial charge in [0.25, 0.3) is 0 Å². The van der Waals surface area contributed by atoms with Gasteiger partial charge in [-0.05, 0) is 41.8 Å². The molecule has 0 amide bonds. The van der Waals surface area contributed by atoms with Gasteiger partial charge in [0.2, 0.25) is 10.0 Å². The maximum absolute atomic E-state index is 13.4. The highest BCUT2D eigenvalue weighted by Gasteiger charge is 2.30. The molecule has 0 aromatic heterocycles. The molecule has 130 valence electrons. The Morgan fingerprint density at radius 1 is 0.920 bits per heavy atom. The van der Waals surface area contributed by atoms with Gasteiger partial charge in [0.15, 0.2) is 0 Å². The van der Waals surface area contributed by atoms with Crippen molar-refractivity contribution in [2.45, 2.75) is 31.7 Å². The minimum Gasteiger partial charge on any atom is -0.207 e. The fraction of sp³-hybridized carbons (Fsp3) is 0.238. The molecule has 1 atom stereocenters. The molecule has 0 bridgehead atoms. The Morgan fingerprint density at radius 3 is 2.08 bits per heavy atom. The lowest BCUT2D eigenvalue weighted by molar-refractivity contribution is 0.357. The monoisotopic (exact) mass is 353 g/mol. The third kappa shape index (κ3) is 3.32. The summed E-state index contributed by atoms with van der Waals surface area (Å²) in [4.78, 5) is 0.385. The second-order valence-corrected chi connectivity index (χ2v) is 8.12. The fourth-order valence-corrected chi connectivity index (χ4v) is 5.16. The number of nitrogens with zero attached hydrogens (tertiary/aromatic N) is 1. The van der Waals surface area contributed by atoms with E-state index >= 15 is 0 Å². The molecular formula is C21H23NO2S. The smallest absolute Gasteiger partial charge is 0.207 e. The van der Waals surface area contributed by atoms with Crippen molar-refractivity contribution in [3.63, 3.8) is 0 Å². The van der Waals surface area contributed by atoms with Gasteiger partial charge in [-0.1, -0.05) is 67.6 Å². The molecular weight excluding hydrogens is 330 g/mol. The van der Waals surface area contributed by atoms with Crippen LogP contribution < -0.4 is 0 Å². The van der Waals surface area contributed by atoms with E-state index in [0.717, 1.165) is 21.9 Å². The minimum atomic E-state index is -3.59. The van der Waals surface area contributed by atoms with Crippen LogP contribution in [0, 0.1) is 6.92 Å². The Labute approximate surface area is 150 Å². The number of fused-ring (bicyclic) bond motifs is 1. The summed E-state index contributed by atoms with van der Waals surface area (Å²) in [5, 5.41) is 1.99. The second-order valence-electron chi connectivity index (χ2n) is 6.26. The van der Waals surface area contributed by atoms with E-state index in [0.29, 0.717) is 11.4 Å². The molecule has 25 heavy (non-hydrogen) atoms. The van der Waals surface area contributed by atoms with E-state index in [1.165, 1.54) is 0 Å². The molecule has 3 aromatic rings. The number of sulfonamides is 1. The first kappa shape index (κ1) is 17.6. The molecule has 3 rings (SSSR count). The SMILES string of the molecule is CCN([C@@H](C)c1ccccc1)S(=O)(=O)c1cc2ccccc2cc1C. The first-order chi connectivity index (χ1) is 11.9. The molecule has 0 aliphatic heterocycles. The van der Waals surface area contributed by atoms with E-state index in [9.17, 15) is 8.42 Å². The molecule has 0 spiro atoms. The lowest BCUT2D eigenvalue weighted by atomic mass is 10.1. The molecule has 3 nitrogen and oxygen atoms in total. The van der Waals surface area contributed by atoms with Crippen LogP contribution in [-0.4, -0.2) is 19.3 Å². The molecule has 3 aromatic carbocycles. The highest BCUT2D eigenvalue weighted by atomic mass is 32.2. The lowest BCUT2D eigenvalue weighted by Gasteiger charge is -2.28. The van der Waals surface area contributed by atoms with Gasteiger partial charge in [-0.25, -0.2) is 8.42 Å². The summed E-state index contributed by atoms with van der Waals surface area (Å²) in [7, 11) is -3.59. The van der Waals surface area contributed by atoms with Gasteiger partial charge in [0, 0.05) is 12.6 Å². The van der Waals surface area contributed by atoms with Crippen molar-refractivity contribution in [3.8, 4) is 0 Å². The van der Waals surface area contributed by atoms with Gasteiger partial charge in [-0.2, -0.15) is 4.31 Å². The Bertz CT molecular complexity index is 981. The summed E-state index contributed by atoms with van der Waals surface area (Å²) in [5.41, 5.74) is 1.77. The summed E-state index contributed by atoms with van der Waals surface area (Å²) in [6.45, 7) is 6.10. The van der Waals surface area contributed by atoms with Gasteiger partial charge < -0.3 is 0 Å². The van der Waals surface area contributed by atoms with E-state index in [-0.39, 0.29) is 6.04 Å². The molecule has 0 radical (unpaired) electrons. The third-order valence-corrected chi connectivity index (χ3v) is 6.84. The third-order valence-electron chi connectivity index (χ3n) is 4.66. The van der Waals surface area contributed by atoms with E-state index in [1.54, 1.807) is 10.4 Å². The summed E-state index contributed by atoms with van der Waals surface area (Å²) in [6.07, 6.45) is 0. The molecule has 0 N–H and O–H groups in total. The predicted molar refractivity (Wildman–Crippen MR) is 103 cm³/mol. The maximum atomic E-state index is 13.4. The van der Waals surface area contributed by atoms with Crippen molar-refractivity contribution < 1.29 is 8.42 Å². The van der Waals surface area contributed by atoms with E-state index in [2.05, 4.69) is 0 Å². The Kier molecular flexibility index (Phi) is 4.93. The highest BCUT2D eigenvalue weighted by molar-refractivity contribution is 7.89. The minimum absolute atomic E-state index is 0.220. The molecule has 0 unspecified atom stereocenters. The van der Waals surface area contributed by atoms with E-state index in [4.69, 9.17) is 0 Å². The van der Waals surface area contributed by atoms with Crippen molar-refractivity contribution in [3.05, 3.63) is 77.9 Å². The van der Waals surface area contributed by atoms with Gasteiger partial charge in [0.05, 0.1) is 4.90 Å². The van der Waals surface area contributed by atoms with Gasteiger partial charge in [-0.15, -0.1) is 0 Å². The Hall–Kier alpha value is -2.17. The molecule has 0 heterocycles. The van der Waals surface area contributed by atoms with Crippen LogP contribution in [0.4, 0.5) is 0 Å². The summed E-state index contributed by atoms with van der Waals surface area (Å²) < 4.78 is 28.3. The van der Waals surface area contributed by atoms with Crippen LogP contribution in [0.5, 0.6) is 0 Å². The predicted octanol–water partition coefficient (Wildman–Crippen LogP) is 4.92. The first-order valence-corrected chi connectivity index (χ1v) is 9.95. The zero-order valence-corrected chi connectivity index (χ0v) is 15.6. The Balaban J connectivity index is 2.09. The van der Waals surface area contributed by atoms with Crippen LogP contribution in [0.25, 0.3) is 10.8 Å². The molecule has 0 saturated heterocycles. The van der Waals surface area contributed by atoms with E-state index < -0.39 is 10.0 Å². The summed E-state index contributed by atoms with van der Waals surface area (Å²) in [6, 6.07) is 21.1. The van der Waals surface area contributed by atoms with Crippen LogP contribution in [0.1, 0.15) is 31.0 Å². The van der Waals surface area contributed by atoms with Gasteiger partial charge in [-0.3, -0.25) is 0 Å². The van der Waals surface area contributed by atoms with Crippen LogP contribution in [0.3, 0.4) is 0 Å². The highest BCUT2D eigenvalue weighted by Crippen LogP contribution is 2.30. The van der Waals surface area contributed by atoms with Crippen LogP contribution >= 0.6 is 0 Å². The van der Waals surface area contributed by atoms with Crippen LogP contribution in [0.15, 0.2) is 71.6 Å². The lowest BCUT2D eigenvalue weighted by Crippen LogP contribution is -2.33. The average molecular weight is 353 g/mol. The molecule has 0 aliphatic rings. The first-order valence-electron chi connectivity index (χ1n) is 8.51. The standard InChI is InChI=1S/C21H23NO2S/c1-4-22(17(3)18-10-6-5-7-11-18)25(23,24)21-15-20-13-9-8-12-19(20)14-16(21)2/h5-15,17H,4H2,1-3H3/t17-/m0/s1. The van der Waals surface area contributed by atoms with Crippen molar-refractivity contribution >= 4 is 20.8 Å². The summed E-state index contributed by atoms with van der Waals surface area (Å²) in [5.74, 6) is 0. The molecule has 0 fully saturated rings. The van der Waals surface area contributed by atoms with Gasteiger partial charge in [0.1, 0.15) is 0 Å². The number of benzene rings is 3. The normalized spacial score (nSPS) is 13.3. The zero-order valence-electron chi connectivity index (χ0n) is 14.8. The van der Waals surface area contributed by atoms with Crippen LogP contribution in [-0.2, 0) is 10.0 Å². The molecule has 0 aliphatic carbocycles. The average Bonchev–Trinajstić information content (AvgIpc) is 2.62. The molecule has 4 heteroatoms. The number of rotatable bonds is 5. The summed E-state index contributed by atoms with van der Waals surface area (Å²) >= 11 is 0. The maximum Gasteiger partial charge on any atom is 0.243 e. The van der Waals surface area contributed by atoms with Crippen LogP contribution in [0.2, 0.25) is 0 Å². The van der Waals surface area contributed by atoms with Crippen molar-refractivity contribution in [1.82, 2.24) is 4.31 Å². The molecule has 0 saturated carbocycles. The quantitative estimate of drug-likeness (QED) is 0.653. The van der Waals surface area contributed by atoms with Gasteiger partial charge >= 0.3 is 0 Å². The number of hydrogen-bond acceptors (Lipinski definition) is 2. The van der Waals surface area contributed by atoms with Crippen molar-refractivity contribution in [2.75, 3.05) is 6.54 Å². The second kappa shape index (κ2) is 6.98. The fourth-order valence-electron chi connectivity index (χ4n) is 3.29. The number of hydrogen-bond donors (Lipinski definition) is 0. The Morgan fingerprint density at radius 2 is 1.48 bits per heavy atom. The number of aryl methyl sites for hydroxylation is 1. The van der Waals surface area contributed by atoms with E-state index in [1.807, 2.05) is 81.4 Å². The zero-order chi connectivity index (χ0) is 18.0.